The molecule has 0 aliphatic carbocycles. The van der Waals surface area contributed by atoms with Crippen molar-refractivity contribution < 1.29 is 13.2 Å². The fourth-order valence-corrected chi connectivity index (χ4v) is 3.79. The van der Waals surface area contributed by atoms with E-state index in [0.29, 0.717) is 6.54 Å². The first-order valence-electron chi connectivity index (χ1n) is 6.74. The van der Waals surface area contributed by atoms with Crippen LogP contribution in [0.2, 0.25) is 0 Å². The van der Waals surface area contributed by atoms with Gasteiger partial charge in [0.2, 0.25) is 5.91 Å². The Morgan fingerprint density at radius 3 is 2.75 bits per heavy atom. The van der Waals surface area contributed by atoms with Gasteiger partial charge in [0.1, 0.15) is 0 Å². The molecule has 1 heterocycles. The van der Waals surface area contributed by atoms with Crippen molar-refractivity contribution in [3.63, 3.8) is 0 Å². The Labute approximate surface area is 119 Å². The highest BCUT2D eigenvalue weighted by Gasteiger charge is 2.26. The van der Waals surface area contributed by atoms with Crippen molar-refractivity contribution in [3.8, 4) is 0 Å². The molecule has 5 nitrogen and oxygen atoms in total. The lowest BCUT2D eigenvalue weighted by Crippen LogP contribution is -2.47. The van der Waals surface area contributed by atoms with Gasteiger partial charge in [0, 0.05) is 19.0 Å². The van der Waals surface area contributed by atoms with E-state index in [1.807, 2.05) is 37.3 Å². The zero-order valence-corrected chi connectivity index (χ0v) is 12.3. The minimum Gasteiger partial charge on any atom is -0.350 e. The molecule has 1 aromatic rings. The second-order valence-electron chi connectivity index (χ2n) is 5.17. The minimum absolute atomic E-state index is 0.0418. The maximum atomic E-state index is 12.0. The first-order chi connectivity index (χ1) is 9.46. The molecule has 1 aliphatic rings. The third kappa shape index (κ3) is 4.31. The number of rotatable bonds is 4. The van der Waals surface area contributed by atoms with Crippen LogP contribution in [0.25, 0.3) is 0 Å². The zero-order valence-electron chi connectivity index (χ0n) is 11.5. The summed E-state index contributed by atoms with van der Waals surface area (Å²) in [5, 5.41) is 5.98. The normalized spacial score (nSPS) is 22.9. The van der Waals surface area contributed by atoms with Crippen molar-refractivity contribution in [3.05, 3.63) is 35.9 Å². The van der Waals surface area contributed by atoms with Crippen LogP contribution in [0.1, 0.15) is 24.9 Å². The summed E-state index contributed by atoms with van der Waals surface area (Å²) < 4.78 is 23.0. The number of benzene rings is 1. The van der Waals surface area contributed by atoms with Crippen LogP contribution in [-0.4, -0.2) is 38.4 Å². The van der Waals surface area contributed by atoms with Crippen LogP contribution in [0.4, 0.5) is 0 Å². The Morgan fingerprint density at radius 2 is 2.10 bits per heavy atom. The Morgan fingerprint density at radius 1 is 1.40 bits per heavy atom. The summed E-state index contributed by atoms with van der Waals surface area (Å²) in [4.78, 5) is 12.0. The summed E-state index contributed by atoms with van der Waals surface area (Å²) in [5.41, 5.74) is 1.03. The maximum Gasteiger partial charge on any atom is 0.222 e. The molecule has 1 saturated heterocycles. The molecule has 0 radical (unpaired) electrons. The van der Waals surface area contributed by atoms with Crippen LogP contribution in [-0.2, 0) is 14.6 Å². The molecular formula is C14H20N2O3S. The molecule has 2 atom stereocenters. The highest BCUT2D eigenvalue weighted by atomic mass is 32.2. The smallest absolute Gasteiger partial charge is 0.222 e. The molecule has 1 fully saturated rings. The van der Waals surface area contributed by atoms with E-state index < -0.39 is 9.84 Å². The maximum absolute atomic E-state index is 12.0. The average molecular weight is 296 g/mol. The van der Waals surface area contributed by atoms with E-state index in [4.69, 9.17) is 0 Å². The van der Waals surface area contributed by atoms with Gasteiger partial charge in [-0.1, -0.05) is 30.3 Å². The number of sulfone groups is 1. The largest absolute Gasteiger partial charge is 0.350 e. The van der Waals surface area contributed by atoms with Gasteiger partial charge in [-0.05, 0) is 12.5 Å². The molecule has 1 aliphatic heterocycles. The van der Waals surface area contributed by atoms with Crippen LogP contribution in [0.3, 0.4) is 0 Å². The molecule has 20 heavy (non-hydrogen) atoms. The van der Waals surface area contributed by atoms with E-state index in [1.165, 1.54) is 0 Å². The predicted octanol–water partition coefficient (Wildman–Crippen LogP) is 0.641. The summed E-state index contributed by atoms with van der Waals surface area (Å²) in [7, 11) is -3.00. The number of nitrogens with one attached hydrogen (secondary N) is 2. The molecular weight excluding hydrogens is 276 g/mol. The van der Waals surface area contributed by atoms with Gasteiger partial charge in [0.25, 0.3) is 0 Å². The van der Waals surface area contributed by atoms with Crippen molar-refractivity contribution in [1.82, 2.24) is 10.6 Å². The number of carbonyl (C=O) groups is 1. The third-order valence-corrected chi connectivity index (χ3v) is 5.15. The lowest BCUT2D eigenvalue weighted by molar-refractivity contribution is -0.122. The van der Waals surface area contributed by atoms with Gasteiger partial charge in [0.05, 0.1) is 17.5 Å². The molecule has 1 amide bonds. The Bertz CT molecular complexity index is 557. The van der Waals surface area contributed by atoms with Gasteiger partial charge in [-0.3, -0.25) is 4.79 Å². The van der Waals surface area contributed by atoms with Gasteiger partial charge in [0.15, 0.2) is 9.84 Å². The first-order valence-corrected chi connectivity index (χ1v) is 8.56. The standard InChI is InChI=1S/C14H20N2O3S/c1-11(12-5-3-2-4-6-12)16-14(17)9-13-10-20(18,19)8-7-15-13/h2-6,11,13,15H,7-10H2,1H3,(H,16,17). The summed E-state index contributed by atoms with van der Waals surface area (Å²) in [6, 6.07) is 9.32. The molecule has 6 heteroatoms. The highest BCUT2D eigenvalue weighted by molar-refractivity contribution is 7.91. The van der Waals surface area contributed by atoms with E-state index in [9.17, 15) is 13.2 Å². The monoisotopic (exact) mass is 296 g/mol. The summed E-state index contributed by atoms with van der Waals surface area (Å²) in [6.07, 6.45) is 0.191. The van der Waals surface area contributed by atoms with Gasteiger partial charge in [-0.2, -0.15) is 0 Å². The van der Waals surface area contributed by atoms with Crippen molar-refractivity contribution in [2.75, 3.05) is 18.1 Å². The summed E-state index contributed by atoms with van der Waals surface area (Å²) in [5.74, 6) is 0.0713. The second-order valence-corrected chi connectivity index (χ2v) is 7.40. The number of hydrogen-bond acceptors (Lipinski definition) is 4. The third-order valence-electron chi connectivity index (χ3n) is 3.41. The summed E-state index contributed by atoms with van der Waals surface area (Å²) in [6.45, 7) is 2.34. The van der Waals surface area contributed by atoms with Crippen molar-refractivity contribution in [2.24, 2.45) is 0 Å². The molecule has 0 saturated carbocycles. The van der Waals surface area contributed by atoms with E-state index in [-0.39, 0.29) is 35.9 Å². The number of amides is 1. The fourth-order valence-electron chi connectivity index (χ4n) is 2.35. The van der Waals surface area contributed by atoms with Crippen molar-refractivity contribution in [2.45, 2.75) is 25.4 Å². The highest BCUT2D eigenvalue weighted by Crippen LogP contribution is 2.12. The topological polar surface area (TPSA) is 75.3 Å². The lowest BCUT2D eigenvalue weighted by Gasteiger charge is -2.24. The number of carbonyl (C=O) groups excluding carboxylic acids is 1. The minimum atomic E-state index is -3.00. The van der Waals surface area contributed by atoms with Gasteiger partial charge >= 0.3 is 0 Å². The van der Waals surface area contributed by atoms with Crippen LogP contribution >= 0.6 is 0 Å². The second kappa shape index (κ2) is 6.37. The molecule has 0 bridgehead atoms. The Kier molecular flexibility index (Phi) is 4.77. The van der Waals surface area contributed by atoms with E-state index in [2.05, 4.69) is 10.6 Å². The van der Waals surface area contributed by atoms with Gasteiger partial charge < -0.3 is 10.6 Å². The van der Waals surface area contributed by atoms with E-state index in [0.717, 1.165) is 5.56 Å². The summed E-state index contributed by atoms with van der Waals surface area (Å²) >= 11 is 0. The zero-order chi connectivity index (χ0) is 14.6. The first kappa shape index (κ1) is 15.0. The van der Waals surface area contributed by atoms with Crippen LogP contribution in [0.15, 0.2) is 30.3 Å². The lowest BCUT2D eigenvalue weighted by atomic mass is 10.1. The van der Waals surface area contributed by atoms with Crippen LogP contribution < -0.4 is 10.6 Å². The molecule has 110 valence electrons. The van der Waals surface area contributed by atoms with E-state index in [1.54, 1.807) is 0 Å². The molecule has 2 N–H and O–H groups in total. The Hall–Kier alpha value is -1.40. The molecule has 2 unspecified atom stereocenters. The van der Waals surface area contributed by atoms with Crippen molar-refractivity contribution in [1.29, 1.82) is 0 Å². The predicted molar refractivity (Wildman–Crippen MR) is 78.1 cm³/mol. The van der Waals surface area contributed by atoms with E-state index >= 15 is 0 Å². The van der Waals surface area contributed by atoms with Crippen molar-refractivity contribution >= 4 is 15.7 Å². The molecule has 0 spiro atoms. The number of hydrogen-bond donors (Lipinski definition) is 2. The SMILES string of the molecule is CC(NC(=O)CC1CS(=O)(=O)CCN1)c1ccccc1. The Balaban J connectivity index is 1.86. The molecule has 2 rings (SSSR count). The van der Waals surface area contributed by atoms with Gasteiger partial charge in [-0.25, -0.2) is 8.42 Å². The fraction of sp³-hybridized carbons (Fsp3) is 0.500. The van der Waals surface area contributed by atoms with Gasteiger partial charge in [-0.15, -0.1) is 0 Å². The van der Waals surface area contributed by atoms with Crippen LogP contribution in [0, 0.1) is 0 Å². The molecule has 1 aromatic carbocycles. The average Bonchev–Trinajstić information content (AvgIpc) is 2.38. The quantitative estimate of drug-likeness (QED) is 0.855. The van der Waals surface area contributed by atoms with Crippen LogP contribution in [0.5, 0.6) is 0 Å². The molecule has 0 aromatic heterocycles.